The lowest BCUT2D eigenvalue weighted by Crippen LogP contribution is -2.27. The molecule has 0 atom stereocenters. The SMILES string of the molecule is CNc1ncc(S(=O)(=O)N(C)Cc2cccc(C)n2)cn1. The van der Waals surface area contributed by atoms with Crippen LogP contribution in [0.3, 0.4) is 0 Å². The number of nitrogens with one attached hydrogen (secondary N) is 1. The zero-order valence-electron chi connectivity index (χ0n) is 12.1. The lowest BCUT2D eigenvalue weighted by Gasteiger charge is -2.16. The topological polar surface area (TPSA) is 88.1 Å². The summed E-state index contributed by atoms with van der Waals surface area (Å²) in [6.45, 7) is 2.06. The van der Waals surface area contributed by atoms with E-state index in [2.05, 4.69) is 20.3 Å². The van der Waals surface area contributed by atoms with E-state index in [9.17, 15) is 8.42 Å². The van der Waals surface area contributed by atoms with Crippen LogP contribution in [0.15, 0.2) is 35.5 Å². The second kappa shape index (κ2) is 6.15. The van der Waals surface area contributed by atoms with Gasteiger partial charge in [-0.2, -0.15) is 4.31 Å². The molecule has 21 heavy (non-hydrogen) atoms. The highest BCUT2D eigenvalue weighted by atomic mass is 32.2. The fraction of sp³-hybridized carbons (Fsp3) is 0.308. The van der Waals surface area contributed by atoms with E-state index in [0.717, 1.165) is 5.69 Å². The maximum atomic E-state index is 12.4. The van der Waals surface area contributed by atoms with Crippen molar-refractivity contribution in [2.45, 2.75) is 18.4 Å². The van der Waals surface area contributed by atoms with Crippen molar-refractivity contribution < 1.29 is 8.42 Å². The molecule has 8 heteroatoms. The zero-order valence-corrected chi connectivity index (χ0v) is 12.9. The van der Waals surface area contributed by atoms with Crippen molar-refractivity contribution in [2.75, 3.05) is 19.4 Å². The molecule has 0 saturated heterocycles. The van der Waals surface area contributed by atoms with Crippen molar-refractivity contribution in [3.05, 3.63) is 42.0 Å². The number of sulfonamides is 1. The fourth-order valence-electron chi connectivity index (χ4n) is 1.76. The third-order valence-corrected chi connectivity index (χ3v) is 4.65. The van der Waals surface area contributed by atoms with Crippen molar-refractivity contribution in [2.24, 2.45) is 0 Å². The van der Waals surface area contributed by atoms with Crippen molar-refractivity contribution >= 4 is 16.0 Å². The van der Waals surface area contributed by atoms with Gasteiger partial charge in [0.15, 0.2) is 0 Å². The van der Waals surface area contributed by atoms with Crippen molar-refractivity contribution in [3.8, 4) is 0 Å². The van der Waals surface area contributed by atoms with Crippen LogP contribution >= 0.6 is 0 Å². The van der Waals surface area contributed by atoms with Crippen LogP contribution < -0.4 is 5.32 Å². The summed E-state index contributed by atoms with van der Waals surface area (Å²) in [6, 6.07) is 5.50. The highest BCUT2D eigenvalue weighted by Crippen LogP contribution is 2.15. The van der Waals surface area contributed by atoms with Crippen molar-refractivity contribution in [1.82, 2.24) is 19.3 Å². The predicted octanol–water partition coefficient (Wildman–Crippen LogP) is 1.04. The minimum Gasteiger partial charge on any atom is -0.357 e. The maximum absolute atomic E-state index is 12.4. The first-order valence-corrected chi connectivity index (χ1v) is 7.76. The Morgan fingerprint density at radius 3 is 2.48 bits per heavy atom. The first kappa shape index (κ1) is 15.3. The quantitative estimate of drug-likeness (QED) is 0.888. The number of rotatable bonds is 5. The van der Waals surface area contributed by atoms with E-state index in [1.54, 1.807) is 13.1 Å². The Balaban J connectivity index is 2.21. The van der Waals surface area contributed by atoms with Crippen LogP contribution in [0.5, 0.6) is 0 Å². The smallest absolute Gasteiger partial charge is 0.246 e. The standard InChI is InChI=1S/C13H17N5O2S/c1-10-5-4-6-11(17-10)9-18(3)21(19,20)12-7-15-13(14-2)16-8-12/h4-8H,9H2,1-3H3,(H,14,15,16). The number of aromatic nitrogens is 3. The molecule has 0 fully saturated rings. The Bertz CT molecular complexity index is 716. The van der Waals surface area contributed by atoms with Crippen LogP contribution in [0.1, 0.15) is 11.4 Å². The van der Waals surface area contributed by atoms with Crippen LogP contribution in [0.4, 0.5) is 5.95 Å². The molecule has 0 spiro atoms. The molecule has 0 aliphatic carbocycles. The van der Waals surface area contributed by atoms with Gasteiger partial charge < -0.3 is 5.32 Å². The lowest BCUT2D eigenvalue weighted by molar-refractivity contribution is 0.461. The van der Waals surface area contributed by atoms with Crippen LogP contribution in [-0.2, 0) is 16.6 Å². The van der Waals surface area contributed by atoms with Gasteiger partial charge in [0.25, 0.3) is 0 Å². The summed E-state index contributed by atoms with van der Waals surface area (Å²) in [5.41, 5.74) is 1.54. The molecule has 1 N–H and O–H groups in total. The van der Waals surface area contributed by atoms with Crippen LogP contribution in [0.25, 0.3) is 0 Å². The van der Waals surface area contributed by atoms with Crippen LogP contribution in [0.2, 0.25) is 0 Å². The number of aryl methyl sites for hydroxylation is 1. The van der Waals surface area contributed by atoms with Crippen LogP contribution in [-0.4, -0.2) is 41.8 Å². The largest absolute Gasteiger partial charge is 0.357 e. The molecule has 0 bridgehead atoms. The Kier molecular flexibility index (Phi) is 4.49. The van der Waals surface area contributed by atoms with Gasteiger partial charge in [0.05, 0.1) is 24.6 Å². The van der Waals surface area contributed by atoms with E-state index in [1.807, 2.05) is 19.1 Å². The molecular formula is C13H17N5O2S. The molecule has 2 rings (SSSR count). The lowest BCUT2D eigenvalue weighted by atomic mass is 10.3. The Labute approximate surface area is 124 Å². The van der Waals surface area contributed by atoms with Gasteiger partial charge >= 0.3 is 0 Å². The molecule has 0 unspecified atom stereocenters. The molecule has 112 valence electrons. The van der Waals surface area contributed by atoms with Gasteiger partial charge in [-0.25, -0.2) is 18.4 Å². The van der Waals surface area contributed by atoms with Gasteiger partial charge in [0.2, 0.25) is 16.0 Å². The molecule has 2 heterocycles. The number of nitrogens with zero attached hydrogens (tertiary/aromatic N) is 4. The molecule has 0 amide bonds. The first-order valence-electron chi connectivity index (χ1n) is 6.32. The minimum atomic E-state index is -3.63. The summed E-state index contributed by atoms with van der Waals surface area (Å²) < 4.78 is 26.1. The van der Waals surface area contributed by atoms with Crippen LogP contribution in [0, 0.1) is 6.92 Å². The number of pyridine rings is 1. The molecule has 7 nitrogen and oxygen atoms in total. The zero-order chi connectivity index (χ0) is 15.5. The number of hydrogen-bond acceptors (Lipinski definition) is 6. The summed E-state index contributed by atoms with van der Waals surface area (Å²) in [5.74, 6) is 0.372. The van der Waals surface area contributed by atoms with E-state index >= 15 is 0 Å². The number of anilines is 1. The summed E-state index contributed by atoms with van der Waals surface area (Å²) in [4.78, 5) is 12.2. The molecule has 0 aliphatic heterocycles. The van der Waals surface area contributed by atoms with Gasteiger partial charge in [0, 0.05) is 19.8 Å². The van der Waals surface area contributed by atoms with E-state index in [0.29, 0.717) is 11.6 Å². The average molecular weight is 307 g/mol. The van der Waals surface area contributed by atoms with E-state index in [4.69, 9.17) is 0 Å². The van der Waals surface area contributed by atoms with Crippen molar-refractivity contribution in [3.63, 3.8) is 0 Å². The molecule has 0 aliphatic rings. The first-order chi connectivity index (χ1) is 9.93. The number of hydrogen-bond donors (Lipinski definition) is 1. The average Bonchev–Trinajstić information content (AvgIpc) is 2.47. The monoisotopic (exact) mass is 307 g/mol. The summed E-state index contributed by atoms with van der Waals surface area (Å²) in [5, 5.41) is 2.74. The molecule has 0 aromatic carbocycles. The van der Waals surface area contributed by atoms with E-state index in [-0.39, 0.29) is 11.4 Å². The normalized spacial score (nSPS) is 11.6. The molecule has 0 radical (unpaired) electrons. The third-order valence-electron chi connectivity index (χ3n) is 2.89. The molecular weight excluding hydrogens is 290 g/mol. The summed E-state index contributed by atoms with van der Waals surface area (Å²) in [7, 11) is -0.463. The third kappa shape index (κ3) is 3.53. The van der Waals surface area contributed by atoms with Gasteiger partial charge in [-0.1, -0.05) is 6.07 Å². The minimum absolute atomic E-state index is 0.0525. The van der Waals surface area contributed by atoms with Crippen molar-refractivity contribution in [1.29, 1.82) is 0 Å². The second-order valence-corrected chi connectivity index (χ2v) is 6.57. The van der Waals surface area contributed by atoms with E-state index in [1.165, 1.54) is 23.7 Å². The van der Waals surface area contributed by atoms with Gasteiger partial charge in [-0.15, -0.1) is 0 Å². The highest BCUT2D eigenvalue weighted by Gasteiger charge is 2.22. The van der Waals surface area contributed by atoms with Gasteiger partial charge in [-0.3, -0.25) is 4.98 Å². The molecule has 2 aromatic heterocycles. The van der Waals surface area contributed by atoms with Gasteiger partial charge in [0.1, 0.15) is 4.90 Å². The predicted molar refractivity (Wildman–Crippen MR) is 79.2 cm³/mol. The van der Waals surface area contributed by atoms with Gasteiger partial charge in [-0.05, 0) is 19.1 Å². The summed E-state index contributed by atoms with van der Waals surface area (Å²) in [6.07, 6.45) is 2.57. The molecule has 2 aromatic rings. The van der Waals surface area contributed by atoms with E-state index < -0.39 is 10.0 Å². The fourth-order valence-corrected chi connectivity index (χ4v) is 2.79. The summed E-state index contributed by atoms with van der Waals surface area (Å²) >= 11 is 0. The Hall–Kier alpha value is -2.06. The molecule has 0 saturated carbocycles. The second-order valence-electron chi connectivity index (χ2n) is 4.52. The Morgan fingerprint density at radius 2 is 1.90 bits per heavy atom. The maximum Gasteiger partial charge on any atom is 0.246 e. The Morgan fingerprint density at radius 1 is 1.24 bits per heavy atom. The highest BCUT2D eigenvalue weighted by molar-refractivity contribution is 7.89.